The van der Waals surface area contributed by atoms with Crippen molar-refractivity contribution in [2.75, 3.05) is 12.4 Å². The number of nitrogens with zero attached hydrogens (tertiary/aromatic N) is 3. The van der Waals surface area contributed by atoms with Gasteiger partial charge in [0.1, 0.15) is 11.5 Å². The zero-order valence-corrected chi connectivity index (χ0v) is 13.2. The van der Waals surface area contributed by atoms with E-state index in [0.29, 0.717) is 16.5 Å². The Morgan fingerprint density at radius 2 is 2.00 bits per heavy atom. The van der Waals surface area contributed by atoms with Crippen LogP contribution < -0.4 is 5.32 Å². The van der Waals surface area contributed by atoms with Crippen molar-refractivity contribution in [3.8, 4) is 11.5 Å². The topological polar surface area (TPSA) is 50.7 Å². The fourth-order valence-electron chi connectivity index (χ4n) is 1.64. The summed E-state index contributed by atoms with van der Waals surface area (Å²) in [5.74, 6) is 1.63. The van der Waals surface area contributed by atoms with E-state index in [1.807, 2.05) is 13.1 Å². The zero-order valence-electron chi connectivity index (χ0n) is 10.9. The molecule has 6 heteroatoms. The van der Waals surface area contributed by atoms with Gasteiger partial charge in [0, 0.05) is 13.2 Å². The second-order valence-electron chi connectivity index (χ2n) is 4.36. The van der Waals surface area contributed by atoms with Crippen LogP contribution in [0.25, 0.3) is 11.5 Å². The Labute approximate surface area is 125 Å². The van der Waals surface area contributed by atoms with Gasteiger partial charge < -0.3 is 5.32 Å². The SMILES string of the molecule is CNc1nc(-c2ccc(Cl)cn2)nc(C(C)C)c1Br. The van der Waals surface area contributed by atoms with E-state index in [4.69, 9.17) is 11.6 Å². The molecule has 0 saturated carbocycles. The second-order valence-corrected chi connectivity index (χ2v) is 5.59. The zero-order chi connectivity index (χ0) is 14.0. The Morgan fingerprint density at radius 1 is 1.26 bits per heavy atom. The molecule has 2 heterocycles. The molecular weight excluding hydrogens is 328 g/mol. The molecule has 2 rings (SSSR count). The molecular formula is C13H14BrClN4. The molecule has 1 N–H and O–H groups in total. The quantitative estimate of drug-likeness (QED) is 0.912. The molecule has 4 nitrogen and oxygen atoms in total. The summed E-state index contributed by atoms with van der Waals surface area (Å²) in [6, 6.07) is 3.60. The molecule has 2 aromatic heterocycles. The summed E-state index contributed by atoms with van der Waals surface area (Å²) in [6.07, 6.45) is 1.59. The molecule has 0 radical (unpaired) electrons. The average Bonchev–Trinajstić information content (AvgIpc) is 2.39. The van der Waals surface area contributed by atoms with E-state index in [0.717, 1.165) is 16.0 Å². The largest absolute Gasteiger partial charge is 0.372 e. The second kappa shape index (κ2) is 5.84. The highest BCUT2D eigenvalue weighted by Gasteiger charge is 2.15. The molecule has 0 spiro atoms. The van der Waals surface area contributed by atoms with Gasteiger partial charge in [0.2, 0.25) is 0 Å². The smallest absolute Gasteiger partial charge is 0.180 e. The summed E-state index contributed by atoms with van der Waals surface area (Å²) >= 11 is 9.37. The maximum Gasteiger partial charge on any atom is 0.180 e. The van der Waals surface area contributed by atoms with Crippen LogP contribution in [0.15, 0.2) is 22.8 Å². The van der Waals surface area contributed by atoms with Crippen molar-refractivity contribution in [3.63, 3.8) is 0 Å². The highest BCUT2D eigenvalue weighted by atomic mass is 79.9. The summed E-state index contributed by atoms with van der Waals surface area (Å²) in [5, 5.41) is 3.66. The molecule has 0 aliphatic rings. The van der Waals surface area contributed by atoms with Gasteiger partial charge in [-0.1, -0.05) is 25.4 Å². The van der Waals surface area contributed by atoms with Crippen LogP contribution in [0.5, 0.6) is 0 Å². The standard InChI is InChI=1S/C13H14BrClN4/c1-7(2)11-10(14)13(16-3)19-12(18-11)9-5-4-8(15)6-17-9/h4-7H,1-3H3,(H,16,18,19). The van der Waals surface area contributed by atoms with E-state index >= 15 is 0 Å². The third kappa shape index (κ3) is 3.04. The first-order chi connectivity index (χ1) is 9.02. The maximum atomic E-state index is 5.84. The average molecular weight is 342 g/mol. The highest BCUT2D eigenvalue weighted by molar-refractivity contribution is 9.10. The minimum atomic E-state index is 0.288. The normalized spacial score (nSPS) is 10.8. The molecule has 100 valence electrons. The van der Waals surface area contributed by atoms with Crippen LogP contribution >= 0.6 is 27.5 Å². The minimum Gasteiger partial charge on any atom is -0.372 e. The summed E-state index contributed by atoms with van der Waals surface area (Å²) in [6.45, 7) is 4.18. The van der Waals surface area contributed by atoms with Crippen LogP contribution in [-0.2, 0) is 0 Å². The molecule has 19 heavy (non-hydrogen) atoms. The van der Waals surface area contributed by atoms with Gasteiger partial charge in [-0.2, -0.15) is 0 Å². The summed E-state index contributed by atoms with van der Waals surface area (Å²) in [5.41, 5.74) is 1.65. The van der Waals surface area contributed by atoms with E-state index in [9.17, 15) is 0 Å². The van der Waals surface area contributed by atoms with Crippen molar-refractivity contribution < 1.29 is 0 Å². The fourth-order valence-corrected chi connectivity index (χ4v) is 2.58. The third-order valence-corrected chi connectivity index (χ3v) is 3.62. The van der Waals surface area contributed by atoms with Gasteiger partial charge >= 0.3 is 0 Å². The molecule has 0 aromatic carbocycles. The van der Waals surface area contributed by atoms with Gasteiger partial charge in [0.25, 0.3) is 0 Å². The number of halogens is 2. The Bertz CT molecular complexity index is 584. The number of hydrogen-bond donors (Lipinski definition) is 1. The van der Waals surface area contributed by atoms with Gasteiger partial charge in [-0.25, -0.2) is 9.97 Å². The first-order valence-electron chi connectivity index (χ1n) is 5.90. The highest BCUT2D eigenvalue weighted by Crippen LogP contribution is 2.30. The van der Waals surface area contributed by atoms with Crippen LogP contribution in [0.4, 0.5) is 5.82 Å². The molecule has 0 saturated heterocycles. The van der Waals surface area contributed by atoms with Crippen LogP contribution in [0.2, 0.25) is 5.02 Å². The Hall–Kier alpha value is -1.20. The summed E-state index contributed by atoms with van der Waals surface area (Å²) < 4.78 is 0.891. The van der Waals surface area contributed by atoms with Crippen molar-refractivity contribution in [2.45, 2.75) is 19.8 Å². The molecule has 2 aromatic rings. The Kier molecular flexibility index (Phi) is 4.37. The lowest BCUT2D eigenvalue weighted by Gasteiger charge is -2.13. The van der Waals surface area contributed by atoms with E-state index < -0.39 is 0 Å². The van der Waals surface area contributed by atoms with Crippen LogP contribution in [0, 0.1) is 0 Å². The lowest BCUT2D eigenvalue weighted by atomic mass is 10.1. The van der Waals surface area contributed by atoms with Crippen molar-refractivity contribution >= 4 is 33.3 Å². The first-order valence-corrected chi connectivity index (χ1v) is 7.07. The summed E-state index contributed by atoms with van der Waals surface area (Å²) in [7, 11) is 1.83. The van der Waals surface area contributed by atoms with Crippen molar-refractivity contribution in [3.05, 3.63) is 33.5 Å². The van der Waals surface area contributed by atoms with Crippen molar-refractivity contribution in [1.82, 2.24) is 15.0 Å². The van der Waals surface area contributed by atoms with Gasteiger partial charge in [0.05, 0.1) is 15.2 Å². The van der Waals surface area contributed by atoms with E-state index in [1.165, 1.54) is 0 Å². The number of anilines is 1. The van der Waals surface area contributed by atoms with Gasteiger partial charge in [0.15, 0.2) is 5.82 Å². The molecule has 0 atom stereocenters. The predicted octanol–water partition coefficient (Wildman–Crippen LogP) is 4.12. The predicted molar refractivity (Wildman–Crippen MR) is 81.6 cm³/mol. The molecule has 0 aliphatic carbocycles. The molecule has 0 amide bonds. The molecule has 0 bridgehead atoms. The Balaban J connectivity index is 2.57. The van der Waals surface area contributed by atoms with Crippen molar-refractivity contribution in [2.24, 2.45) is 0 Å². The minimum absolute atomic E-state index is 0.288. The fraction of sp³-hybridized carbons (Fsp3) is 0.308. The van der Waals surface area contributed by atoms with E-state index in [1.54, 1.807) is 12.3 Å². The monoisotopic (exact) mass is 340 g/mol. The lowest BCUT2D eigenvalue weighted by molar-refractivity contribution is 0.809. The number of nitrogens with one attached hydrogen (secondary N) is 1. The van der Waals surface area contributed by atoms with E-state index in [-0.39, 0.29) is 5.92 Å². The lowest BCUT2D eigenvalue weighted by Crippen LogP contribution is -2.05. The van der Waals surface area contributed by atoms with Crippen molar-refractivity contribution in [1.29, 1.82) is 0 Å². The maximum absolute atomic E-state index is 5.84. The third-order valence-electron chi connectivity index (χ3n) is 2.62. The number of hydrogen-bond acceptors (Lipinski definition) is 4. The molecule has 0 aliphatic heterocycles. The van der Waals surface area contributed by atoms with Crippen LogP contribution in [0.1, 0.15) is 25.5 Å². The molecule has 0 fully saturated rings. The van der Waals surface area contributed by atoms with Crippen LogP contribution in [0.3, 0.4) is 0 Å². The molecule has 0 unspecified atom stereocenters. The van der Waals surface area contributed by atoms with Crippen LogP contribution in [-0.4, -0.2) is 22.0 Å². The number of aromatic nitrogens is 3. The number of pyridine rings is 1. The Morgan fingerprint density at radius 3 is 2.53 bits per heavy atom. The van der Waals surface area contributed by atoms with Gasteiger partial charge in [-0.15, -0.1) is 0 Å². The first kappa shape index (κ1) is 14.2. The summed E-state index contributed by atoms with van der Waals surface area (Å²) in [4.78, 5) is 13.3. The van der Waals surface area contributed by atoms with E-state index in [2.05, 4.69) is 50.0 Å². The van der Waals surface area contributed by atoms with Gasteiger partial charge in [-0.3, -0.25) is 4.98 Å². The van der Waals surface area contributed by atoms with Gasteiger partial charge in [-0.05, 0) is 34.0 Å². The number of rotatable bonds is 3.